The molecule has 0 aliphatic carbocycles. The van der Waals surface area contributed by atoms with Gasteiger partial charge in [-0.25, -0.2) is 4.79 Å². The molecule has 0 aromatic rings. The van der Waals surface area contributed by atoms with E-state index in [2.05, 4.69) is 4.74 Å². The van der Waals surface area contributed by atoms with E-state index in [9.17, 15) is 4.79 Å². The van der Waals surface area contributed by atoms with Gasteiger partial charge in [-0.15, -0.1) is 0 Å². The van der Waals surface area contributed by atoms with Gasteiger partial charge in [0.25, 0.3) is 0 Å². The summed E-state index contributed by atoms with van der Waals surface area (Å²) in [6, 6.07) is 0. The summed E-state index contributed by atoms with van der Waals surface area (Å²) < 4.78 is 9.80. The lowest BCUT2D eigenvalue weighted by Crippen LogP contribution is -2.27. The Kier molecular flexibility index (Phi) is 5.88. The van der Waals surface area contributed by atoms with Crippen molar-refractivity contribution < 1.29 is 14.3 Å². The number of esters is 1. The molecule has 0 aromatic heterocycles. The molecule has 3 nitrogen and oxygen atoms in total. The van der Waals surface area contributed by atoms with Crippen LogP contribution in [0.2, 0.25) is 0 Å². The van der Waals surface area contributed by atoms with Gasteiger partial charge in [0.1, 0.15) is 12.2 Å². The van der Waals surface area contributed by atoms with Crippen molar-refractivity contribution in [2.24, 2.45) is 0 Å². The Hall–Kier alpha value is -1.09. The Balaban J connectivity index is 4.12. The Morgan fingerprint density at radius 2 is 2.00 bits per heavy atom. The summed E-state index contributed by atoms with van der Waals surface area (Å²) in [7, 11) is 1.46. The van der Waals surface area contributed by atoms with Gasteiger partial charge in [-0.05, 0) is 26.8 Å². The topological polar surface area (TPSA) is 35.5 Å². The summed E-state index contributed by atoms with van der Waals surface area (Å²) in [4.78, 5) is 11.1. The second kappa shape index (κ2) is 6.38. The summed E-state index contributed by atoms with van der Waals surface area (Å²) in [5, 5.41) is 0. The Morgan fingerprint density at radius 1 is 1.36 bits per heavy atom. The number of hydrogen-bond acceptors (Lipinski definition) is 3. The second-order valence-corrected chi connectivity index (χ2v) is 3.40. The van der Waals surface area contributed by atoms with Crippen molar-refractivity contribution in [3.05, 3.63) is 24.3 Å². The molecule has 0 rings (SSSR count). The van der Waals surface area contributed by atoms with E-state index in [-0.39, 0.29) is 12.6 Å². The molecule has 0 unspecified atom stereocenters. The summed E-state index contributed by atoms with van der Waals surface area (Å²) >= 11 is 0. The van der Waals surface area contributed by atoms with Gasteiger partial charge < -0.3 is 9.47 Å². The number of rotatable bonds is 5. The first-order valence-electron chi connectivity index (χ1n) is 4.53. The maximum absolute atomic E-state index is 11.1. The molecule has 0 bridgehead atoms. The van der Waals surface area contributed by atoms with Crippen molar-refractivity contribution in [1.82, 2.24) is 0 Å². The quantitative estimate of drug-likeness (QED) is 0.501. The largest absolute Gasteiger partial charge is 0.454 e. The predicted molar refractivity (Wildman–Crippen MR) is 56.0 cm³/mol. The van der Waals surface area contributed by atoms with Crippen molar-refractivity contribution in [1.29, 1.82) is 0 Å². The molecule has 0 saturated heterocycles. The van der Waals surface area contributed by atoms with Crippen LogP contribution in [0, 0.1) is 0 Å². The third-order valence-electron chi connectivity index (χ3n) is 1.44. The molecule has 0 heterocycles. The van der Waals surface area contributed by atoms with Crippen LogP contribution in [0.4, 0.5) is 0 Å². The maximum atomic E-state index is 11.1. The zero-order valence-corrected chi connectivity index (χ0v) is 9.24. The number of carbonyl (C=O) groups is 1. The maximum Gasteiger partial charge on any atom is 0.332 e. The Labute approximate surface area is 85.4 Å². The van der Waals surface area contributed by atoms with Gasteiger partial charge in [-0.1, -0.05) is 18.2 Å². The van der Waals surface area contributed by atoms with Crippen LogP contribution in [0.3, 0.4) is 0 Å². The standard InChI is InChI=1S/C11H18O3/c1-5-6-7-8-11(2,3)14-10(12)9-13-4/h5-8H,9H2,1-4H3/b6-5+,8-7+. The van der Waals surface area contributed by atoms with Gasteiger partial charge in [-0.3, -0.25) is 0 Å². The third kappa shape index (κ3) is 6.43. The highest BCUT2D eigenvalue weighted by Crippen LogP contribution is 2.11. The number of carbonyl (C=O) groups excluding carboxylic acids is 1. The zero-order valence-electron chi connectivity index (χ0n) is 9.24. The molecule has 0 N–H and O–H groups in total. The van der Waals surface area contributed by atoms with Gasteiger partial charge >= 0.3 is 5.97 Å². The molecule has 80 valence electrons. The molecule has 0 spiro atoms. The van der Waals surface area contributed by atoms with Crippen molar-refractivity contribution in [3.8, 4) is 0 Å². The van der Waals surface area contributed by atoms with Gasteiger partial charge in [0.05, 0.1) is 0 Å². The fraction of sp³-hybridized carbons (Fsp3) is 0.545. The first-order chi connectivity index (χ1) is 6.52. The fourth-order valence-electron chi connectivity index (χ4n) is 0.873. The van der Waals surface area contributed by atoms with E-state index in [1.807, 2.05) is 45.1 Å². The first-order valence-corrected chi connectivity index (χ1v) is 4.53. The van der Waals surface area contributed by atoms with Crippen molar-refractivity contribution in [2.45, 2.75) is 26.4 Å². The van der Waals surface area contributed by atoms with E-state index >= 15 is 0 Å². The molecule has 0 saturated carbocycles. The molecule has 0 aromatic carbocycles. The third-order valence-corrected chi connectivity index (χ3v) is 1.44. The minimum Gasteiger partial charge on any atom is -0.454 e. The van der Waals surface area contributed by atoms with Crippen LogP contribution >= 0.6 is 0 Å². The smallest absolute Gasteiger partial charge is 0.332 e. The van der Waals surface area contributed by atoms with Crippen LogP contribution in [0.15, 0.2) is 24.3 Å². The van der Waals surface area contributed by atoms with Crippen molar-refractivity contribution >= 4 is 5.97 Å². The monoisotopic (exact) mass is 198 g/mol. The molecular weight excluding hydrogens is 180 g/mol. The minimum atomic E-state index is -0.588. The molecule has 3 heteroatoms. The first kappa shape index (κ1) is 12.9. The average molecular weight is 198 g/mol. The van der Waals surface area contributed by atoms with Gasteiger partial charge in [0, 0.05) is 7.11 Å². The van der Waals surface area contributed by atoms with Crippen LogP contribution in [0.1, 0.15) is 20.8 Å². The van der Waals surface area contributed by atoms with Crippen LogP contribution in [-0.4, -0.2) is 25.3 Å². The molecule has 0 radical (unpaired) electrons. The molecule has 0 aliphatic rings. The van der Waals surface area contributed by atoms with E-state index in [1.165, 1.54) is 7.11 Å². The lowest BCUT2D eigenvalue weighted by molar-refractivity contribution is -0.156. The lowest BCUT2D eigenvalue weighted by atomic mass is 10.1. The lowest BCUT2D eigenvalue weighted by Gasteiger charge is -2.20. The second-order valence-electron chi connectivity index (χ2n) is 3.40. The highest BCUT2D eigenvalue weighted by molar-refractivity contribution is 5.71. The number of allylic oxidation sites excluding steroid dienone is 3. The molecule has 0 aliphatic heterocycles. The summed E-state index contributed by atoms with van der Waals surface area (Å²) in [6.07, 6.45) is 7.45. The molecule has 0 atom stereocenters. The van der Waals surface area contributed by atoms with Crippen LogP contribution in [-0.2, 0) is 14.3 Å². The normalized spacial score (nSPS) is 12.6. The van der Waals surface area contributed by atoms with Crippen molar-refractivity contribution in [3.63, 3.8) is 0 Å². The molecule has 0 fully saturated rings. The van der Waals surface area contributed by atoms with E-state index in [4.69, 9.17) is 4.74 Å². The average Bonchev–Trinajstić information content (AvgIpc) is 2.03. The number of ether oxygens (including phenoxy) is 2. The molecular formula is C11H18O3. The molecule has 0 amide bonds. The number of hydrogen-bond donors (Lipinski definition) is 0. The molecule has 14 heavy (non-hydrogen) atoms. The van der Waals surface area contributed by atoms with E-state index in [0.717, 1.165) is 0 Å². The zero-order chi connectivity index (χ0) is 11.0. The Morgan fingerprint density at radius 3 is 2.50 bits per heavy atom. The summed E-state index contributed by atoms with van der Waals surface area (Å²) in [5.74, 6) is -0.359. The minimum absolute atomic E-state index is 0.0130. The van der Waals surface area contributed by atoms with Gasteiger partial charge in [-0.2, -0.15) is 0 Å². The van der Waals surface area contributed by atoms with E-state index in [0.29, 0.717) is 0 Å². The van der Waals surface area contributed by atoms with Crippen molar-refractivity contribution in [2.75, 3.05) is 13.7 Å². The van der Waals surface area contributed by atoms with E-state index in [1.54, 1.807) is 0 Å². The predicted octanol–water partition coefficient (Wildman–Crippen LogP) is 2.09. The SMILES string of the molecule is C/C=C/C=C/C(C)(C)OC(=O)COC. The van der Waals surface area contributed by atoms with Crippen LogP contribution < -0.4 is 0 Å². The highest BCUT2D eigenvalue weighted by atomic mass is 16.6. The fourth-order valence-corrected chi connectivity index (χ4v) is 0.873. The Bertz CT molecular complexity index is 227. The number of methoxy groups -OCH3 is 1. The van der Waals surface area contributed by atoms with Crippen LogP contribution in [0.5, 0.6) is 0 Å². The summed E-state index contributed by atoms with van der Waals surface area (Å²) in [6.45, 7) is 5.55. The van der Waals surface area contributed by atoms with Crippen LogP contribution in [0.25, 0.3) is 0 Å². The van der Waals surface area contributed by atoms with Gasteiger partial charge in [0.15, 0.2) is 0 Å². The van der Waals surface area contributed by atoms with Gasteiger partial charge in [0.2, 0.25) is 0 Å². The van der Waals surface area contributed by atoms with E-state index < -0.39 is 5.60 Å². The summed E-state index contributed by atoms with van der Waals surface area (Å²) in [5.41, 5.74) is -0.588. The highest BCUT2D eigenvalue weighted by Gasteiger charge is 2.18.